The van der Waals surface area contributed by atoms with Crippen molar-refractivity contribution in [2.45, 2.75) is 59.0 Å². The third kappa shape index (κ3) is 3.35. The molecule has 20 heavy (non-hydrogen) atoms. The fourth-order valence-electron chi connectivity index (χ4n) is 2.98. The van der Waals surface area contributed by atoms with Gasteiger partial charge in [-0.15, -0.1) is 0 Å². The molecule has 0 spiro atoms. The number of nitrogens with one attached hydrogen (secondary N) is 1. The topological polar surface area (TPSA) is 37.3 Å². The Kier molecular flexibility index (Phi) is 4.11. The molecule has 1 fully saturated rings. The Morgan fingerprint density at radius 3 is 2.10 bits per heavy atom. The zero-order chi connectivity index (χ0) is 14.9. The highest BCUT2D eigenvalue weighted by Gasteiger charge is 2.26. The second-order valence-corrected chi connectivity index (χ2v) is 6.88. The van der Waals surface area contributed by atoms with Gasteiger partial charge in [-0.25, -0.2) is 4.79 Å². The van der Waals surface area contributed by atoms with Crippen LogP contribution in [-0.2, 0) is 0 Å². The van der Waals surface area contributed by atoms with E-state index < -0.39 is 0 Å². The van der Waals surface area contributed by atoms with Crippen LogP contribution in [0.1, 0.15) is 51.0 Å². The van der Waals surface area contributed by atoms with E-state index in [0.717, 1.165) is 25.9 Å². The zero-order valence-corrected chi connectivity index (χ0v) is 13.4. The van der Waals surface area contributed by atoms with Gasteiger partial charge in [0.2, 0.25) is 0 Å². The minimum atomic E-state index is -0.165. The summed E-state index contributed by atoms with van der Waals surface area (Å²) in [5, 5.41) is 3.04. The quantitative estimate of drug-likeness (QED) is 0.840. The van der Waals surface area contributed by atoms with Gasteiger partial charge >= 0.3 is 6.03 Å². The SMILES string of the molecule is Cc1ccc(C)n1C1CCN(C(=O)NC(C)(C)C)CC1. The number of carbonyl (C=O) groups excluding carboxylic acids is 1. The number of urea groups is 1. The van der Waals surface area contributed by atoms with Crippen LogP contribution in [0.25, 0.3) is 0 Å². The predicted molar refractivity (Wildman–Crippen MR) is 82.0 cm³/mol. The van der Waals surface area contributed by atoms with Crippen molar-refractivity contribution in [2.75, 3.05) is 13.1 Å². The van der Waals surface area contributed by atoms with E-state index in [1.807, 2.05) is 25.7 Å². The first kappa shape index (κ1) is 14.9. The highest BCUT2D eigenvalue weighted by Crippen LogP contribution is 2.26. The summed E-state index contributed by atoms with van der Waals surface area (Å²) in [6.45, 7) is 12.0. The maximum atomic E-state index is 12.1. The molecule has 1 aromatic rings. The Morgan fingerprint density at radius 1 is 1.15 bits per heavy atom. The molecule has 4 heteroatoms. The minimum Gasteiger partial charge on any atom is -0.346 e. The van der Waals surface area contributed by atoms with Gasteiger partial charge in [0.15, 0.2) is 0 Å². The summed E-state index contributed by atoms with van der Waals surface area (Å²) in [6.07, 6.45) is 2.07. The number of rotatable bonds is 1. The summed E-state index contributed by atoms with van der Waals surface area (Å²) in [4.78, 5) is 14.1. The molecule has 0 radical (unpaired) electrons. The number of hydrogen-bond acceptors (Lipinski definition) is 1. The first-order valence-electron chi connectivity index (χ1n) is 7.49. The van der Waals surface area contributed by atoms with E-state index in [4.69, 9.17) is 0 Å². The van der Waals surface area contributed by atoms with Crippen molar-refractivity contribution >= 4 is 6.03 Å². The van der Waals surface area contributed by atoms with Crippen LogP contribution in [0.4, 0.5) is 4.79 Å². The van der Waals surface area contributed by atoms with E-state index in [9.17, 15) is 4.79 Å². The van der Waals surface area contributed by atoms with Crippen LogP contribution in [0, 0.1) is 13.8 Å². The molecule has 2 heterocycles. The molecule has 4 nitrogen and oxygen atoms in total. The molecule has 1 saturated heterocycles. The van der Waals surface area contributed by atoms with Crippen molar-refractivity contribution in [2.24, 2.45) is 0 Å². The third-order valence-corrected chi connectivity index (χ3v) is 3.92. The van der Waals surface area contributed by atoms with E-state index in [-0.39, 0.29) is 11.6 Å². The van der Waals surface area contributed by atoms with Gasteiger partial charge in [0, 0.05) is 36.1 Å². The lowest BCUT2D eigenvalue weighted by Gasteiger charge is -2.35. The lowest BCUT2D eigenvalue weighted by atomic mass is 10.0. The van der Waals surface area contributed by atoms with E-state index >= 15 is 0 Å². The highest BCUT2D eigenvalue weighted by molar-refractivity contribution is 5.75. The van der Waals surface area contributed by atoms with Crippen LogP contribution < -0.4 is 5.32 Å². The van der Waals surface area contributed by atoms with Crippen molar-refractivity contribution in [3.05, 3.63) is 23.5 Å². The molecule has 1 aliphatic heterocycles. The highest BCUT2D eigenvalue weighted by atomic mass is 16.2. The first-order valence-corrected chi connectivity index (χ1v) is 7.49. The van der Waals surface area contributed by atoms with Gasteiger partial charge in [0.05, 0.1) is 0 Å². The number of likely N-dealkylation sites (tertiary alicyclic amines) is 1. The van der Waals surface area contributed by atoms with Gasteiger partial charge in [-0.2, -0.15) is 0 Å². The number of amides is 2. The molecule has 0 aromatic carbocycles. The van der Waals surface area contributed by atoms with Crippen LogP contribution in [0.5, 0.6) is 0 Å². The Balaban J connectivity index is 1.94. The second-order valence-electron chi connectivity index (χ2n) is 6.88. The van der Waals surface area contributed by atoms with Gasteiger partial charge < -0.3 is 14.8 Å². The van der Waals surface area contributed by atoms with Gasteiger partial charge in [-0.05, 0) is 59.6 Å². The molecular formula is C16H27N3O. The molecule has 0 aliphatic carbocycles. The lowest BCUT2D eigenvalue weighted by molar-refractivity contribution is 0.163. The molecule has 1 aliphatic rings. The summed E-state index contributed by atoms with van der Waals surface area (Å²) in [5.41, 5.74) is 2.47. The van der Waals surface area contributed by atoms with Crippen molar-refractivity contribution in [3.8, 4) is 0 Å². The average molecular weight is 277 g/mol. The average Bonchev–Trinajstić information content (AvgIpc) is 2.67. The summed E-state index contributed by atoms with van der Waals surface area (Å²) < 4.78 is 2.42. The molecule has 0 atom stereocenters. The fourth-order valence-corrected chi connectivity index (χ4v) is 2.98. The summed E-state index contributed by atoms with van der Waals surface area (Å²) in [7, 11) is 0. The Hall–Kier alpha value is -1.45. The monoisotopic (exact) mass is 277 g/mol. The van der Waals surface area contributed by atoms with Crippen molar-refractivity contribution in [1.82, 2.24) is 14.8 Å². The third-order valence-electron chi connectivity index (χ3n) is 3.92. The number of hydrogen-bond donors (Lipinski definition) is 1. The molecular weight excluding hydrogens is 250 g/mol. The largest absolute Gasteiger partial charge is 0.346 e. The minimum absolute atomic E-state index is 0.0666. The second kappa shape index (κ2) is 5.51. The van der Waals surface area contributed by atoms with E-state index in [1.54, 1.807) is 0 Å². The number of aryl methyl sites for hydroxylation is 2. The molecule has 0 saturated carbocycles. The Morgan fingerprint density at radius 2 is 1.65 bits per heavy atom. The normalized spacial score (nSPS) is 17.4. The maximum Gasteiger partial charge on any atom is 0.317 e. The fraction of sp³-hybridized carbons (Fsp3) is 0.688. The van der Waals surface area contributed by atoms with Crippen molar-refractivity contribution in [1.29, 1.82) is 0 Å². The van der Waals surface area contributed by atoms with Crippen LogP contribution in [-0.4, -0.2) is 34.1 Å². The van der Waals surface area contributed by atoms with Gasteiger partial charge in [0.1, 0.15) is 0 Å². The number of nitrogens with zero attached hydrogens (tertiary/aromatic N) is 2. The van der Waals surface area contributed by atoms with Crippen molar-refractivity contribution < 1.29 is 4.79 Å². The molecule has 1 aromatic heterocycles. The van der Waals surface area contributed by atoms with Crippen LogP contribution >= 0.6 is 0 Å². The smallest absolute Gasteiger partial charge is 0.317 e. The van der Waals surface area contributed by atoms with E-state index in [1.165, 1.54) is 11.4 Å². The zero-order valence-electron chi connectivity index (χ0n) is 13.4. The molecule has 2 rings (SSSR count). The molecule has 1 N–H and O–H groups in total. The van der Waals surface area contributed by atoms with E-state index in [0.29, 0.717) is 6.04 Å². The van der Waals surface area contributed by atoms with Gasteiger partial charge in [-0.1, -0.05) is 0 Å². The first-order chi connectivity index (χ1) is 9.28. The summed E-state index contributed by atoms with van der Waals surface area (Å²) in [5.74, 6) is 0. The van der Waals surface area contributed by atoms with Gasteiger partial charge in [0.25, 0.3) is 0 Å². The molecule has 0 unspecified atom stereocenters. The van der Waals surface area contributed by atoms with Crippen LogP contribution in [0.2, 0.25) is 0 Å². The van der Waals surface area contributed by atoms with E-state index in [2.05, 4.69) is 35.9 Å². The van der Waals surface area contributed by atoms with Crippen LogP contribution in [0.3, 0.4) is 0 Å². The standard InChI is InChI=1S/C16H27N3O/c1-12-6-7-13(2)19(12)14-8-10-18(11-9-14)15(20)17-16(3,4)5/h6-7,14H,8-11H2,1-5H3,(H,17,20). The maximum absolute atomic E-state index is 12.1. The molecule has 0 bridgehead atoms. The summed E-state index contributed by atoms with van der Waals surface area (Å²) >= 11 is 0. The lowest BCUT2D eigenvalue weighted by Crippen LogP contribution is -2.50. The number of piperidine rings is 1. The predicted octanol–water partition coefficient (Wildman–Crippen LogP) is 3.25. The summed E-state index contributed by atoms with van der Waals surface area (Å²) in [6, 6.07) is 4.95. The number of carbonyl (C=O) groups is 1. The molecule has 2 amide bonds. The Bertz CT molecular complexity index is 457. The Labute approximate surface area is 122 Å². The van der Waals surface area contributed by atoms with Crippen LogP contribution in [0.15, 0.2) is 12.1 Å². The van der Waals surface area contributed by atoms with Gasteiger partial charge in [-0.3, -0.25) is 0 Å². The van der Waals surface area contributed by atoms with Crippen molar-refractivity contribution in [3.63, 3.8) is 0 Å². The number of aromatic nitrogens is 1. The molecule has 112 valence electrons.